The number of para-hydroxylation sites is 2. The fourth-order valence-corrected chi connectivity index (χ4v) is 7.56. The summed E-state index contributed by atoms with van der Waals surface area (Å²) in [6, 6.07) is 42.5. The topological polar surface area (TPSA) is 48.5 Å². The van der Waals surface area contributed by atoms with Gasteiger partial charge in [0.1, 0.15) is 0 Å². The lowest BCUT2D eigenvalue weighted by molar-refractivity contribution is 0.953. The molecule has 5 nitrogen and oxygen atoms in total. The molecule has 0 unspecified atom stereocenters. The average molecular weight is 725 g/mol. The van der Waals surface area contributed by atoms with Gasteiger partial charge in [0, 0.05) is 38.4 Å². The highest BCUT2D eigenvalue weighted by Crippen LogP contribution is 2.40. The minimum absolute atomic E-state index is 0.0583. The fourth-order valence-electron chi connectivity index (χ4n) is 7.56. The van der Waals surface area contributed by atoms with Gasteiger partial charge in [-0.2, -0.15) is 9.97 Å². The number of fused-ring (bicyclic) bond motifs is 6. The Morgan fingerprint density at radius 3 is 1.46 bits per heavy atom. The van der Waals surface area contributed by atoms with E-state index in [0.717, 1.165) is 49.3 Å². The number of hydrogen-bond acceptors (Lipinski definition) is 3. The zero-order valence-corrected chi connectivity index (χ0v) is 29.6. The van der Waals surface area contributed by atoms with Crippen LogP contribution in [0.25, 0.3) is 100 Å². The highest BCUT2D eigenvalue weighted by molar-refractivity contribution is 6.19. The van der Waals surface area contributed by atoms with E-state index in [-0.39, 0.29) is 11.3 Å². The third kappa shape index (κ3) is 5.29. The first-order valence-corrected chi connectivity index (χ1v) is 18.1. The Hall–Kier alpha value is -7.63. The van der Waals surface area contributed by atoms with Gasteiger partial charge in [0.05, 0.1) is 34.4 Å². The lowest BCUT2D eigenvalue weighted by Gasteiger charge is -2.12. The molecule has 8 aromatic carbocycles. The second-order valence-electron chi connectivity index (χ2n) is 13.4. The van der Waals surface area contributed by atoms with Gasteiger partial charge in [-0.25, -0.2) is 4.98 Å². The largest absolute Gasteiger partial charge is 0.309 e. The molecule has 0 radical (unpaired) electrons. The smallest absolute Gasteiger partial charge is 0.238 e. The number of benzene rings is 8. The lowest BCUT2D eigenvalue weighted by atomic mass is 10.0. The van der Waals surface area contributed by atoms with E-state index in [1.54, 1.807) is 4.57 Å². The van der Waals surface area contributed by atoms with Crippen LogP contribution in [0.1, 0.15) is 12.3 Å². The van der Waals surface area contributed by atoms with Crippen molar-refractivity contribution < 1.29 is 12.3 Å². The molecule has 0 saturated heterocycles. The molecule has 56 heavy (non-hydrogen) atoms. The van der Waals surface area contributed by atoms with Crippen LogP contribution in [0.2, 0.25) is 0 Å². The van der Waals surface area contributed by atoms with Crippen LogP contribution < -0.4 is 0 Å². The molecule has 0 aliphatic rings. The number of hydrogen-bond donors (Lipinski definition) is 0. The zero-order chi connectivity index (χ0) is 44.8. The molecule has 3 heterocycles. The van der Waals surface area contributed by atoms with Crippen molar-refractivity contribution in [1.82, 2.24) is 24.1 Å². The summed E-state index contributed by atoms with van der Waals surface area (Å²) in [5.41, 5.74) is 5.65. The summed E-state index contributed by atoms with van der Waals surface area (Å²) in [5.74, 6) is 1.31. The molecule has 11 aromatic rings. The van der Waals surface area contributed by atoms with Crippen molar-refractivity contribution in [2.75, 3.05) is 0 Å². The molecule has 262 valence electrons. The van der Waals surface area contributed by atoms with Crippen molar-refractivity contribution in [3.63, 3.8) is 0 Å². The third-order valence-electron chi connectivity index (χ3n) is 10.2. The van der Waals surface area contributed by atoms with Gasteiger partial charge in [0.2, 0.25) is 5.95 Å². The van der Waals surface area contributed by atoms with E-state index in [1.807, 2.05) is 120 Å². The Bertz CT molecular complexity index is 3700. The minimum atomic E-state index is -0.633. The van der Waals surface area contributed by atoms with E-state index in [2.05, 4.69) is 30.3 Å². The molecule has 0 fully saturated rings. The average Bonchev–Trinajstić information content (AvgIpc) is 3.84. The van der Waals surface area contributed by atoms with E-state index in [0.29, 0.717) is 34.1 Å². The molecule has 0 N–H and O–H groups in total. The first-order chi connectivity index (χ1) is 31.5. The van der Waals surface area contributed by atoms with Gasteiger partial charge in [-0.05, 0) is 58.6 Å². The Morgan fingerprint density at radius 1 is 0.339 bits per heavy atom. The van der Waals surface area contributed by atoms with Gasteiger partial charge < -0.3 is 4.57 Å². The molecule has 0 atom stereocenters. The summed E-state index contributed by atoms with van der Waals surface area (Å²) < 4.78 is 82.9. The molecule has 0 aliphatic carbocycles. The van der Waals surface area contributed by atoms with Crippen LogP contribution in [0.3, 0.4) is 0 Å². The summed E-state index contributed by atoms with van der Waals surface area (Å²) >= 11 is 0. The van der Waals surface area contributed by atoms with Crippen LogP contribution in [-0.2, 0) is 0 Å². The second-order valence-corrected chi connectivity index (χ2v) is 13.4. The lowest BCUT2D eigenvalue weighted by Crippen LogP contribution is -2.06. The quantitative estimate of drug-likeness (QED) is 0.172. The highest BCUT2D eigenvalue weighted by Gasteiger charge is 2.21. The van der Waals surface area contributed by atoms with E-state index in [9.17, 15) is 5.48 Å². The normalized spacial score (nSPS) is 13.8. The van der Waals surface area contributed by atoms with Gasteiger partial charge in [-0.3, -0.25) is 4.57 Å². The van der Waals surface area contributed by atoms with E-state index in [1.165, 1.54) is 0 Å². The second kappa shape index (κ2) is 13.0. The third-order valence-corrected chi connectivity index (χ3v) is 10.2. The Labute approximate surface area is 336 Å². The minimum Gasteiger partial charge on any atom is -0.309 e. The van der Waals surface area contributed by atoms with Gasteiger partial charge >= 0.3 is 0 Å². The van der Waals surface area contributed by atoms with Crippen molar-refractivity contribution in [3.8, 4) is 56.7 Å². The highest BCUT2D eigenvalue weighted by atomic mass is 15.2. The summed E-state index contributed by atoms with van der Waals surface area (Å²) in [6.07, 6.45) is 0. The van der Waals surface area contributed by atoms with E-state index < -0.39 is 59.9 Å². The van der Waals surface area contributed by atoms with Gasteiger partial charge in [-0.1, -0.05) is 164 Å². The molecular formula is C51H33N5. The van der Waals surface area contributed by atoms with Crippen molar-refractivity contribution in [1.29, 1.82) is 0 Å². The molecule has 11 rings (SSSR count). The standard InChI is InChI=1S/C51H33N5/c1-4-14-34(15-5-1)36-24-26-39(27-25-36)50-52-49(38-18-8-3-9-19-38)53-51(54-50)56-46-23-13-11-21-42(46)44-32-43-41-20-10-12-22-45(41)55(47(43)33-48(44)56)40-30-28-37(29-31-40)35-16-6-2-7-17-35/h1-33H/i2D,6D,7D,16D,17D,28D,29D,30D,31D. The maximum atomic E-state index is 9.44. The Balaban J connectivity index is 1.19. The van der Waals surface area contributed by atoms with Crippen molar-refractivity contribution in [2.45, 2.75) is 0 Å². The van der Waals surface area contributed by atoms with Crippen LogP contribution in [0.5, 0.6) is 0 Å². The predicted molar refractivity (Wildman–Crippen MR) is 230 cm³/mol. The van der Waals surface area contributed by atoms with Crippen LogP contribution in [0.15, 0.2) is 200 Å². The first kappa shape index (κ1) is 23.9. The molecular weight excluding hydrogens is 683 g/mol. The fraction of sp³-hybridized carbons (Fsp3) is 0. The molecule has 0 saturated carbocycles. The molecule has 0 spiro atoms. The molecule has 0 amide bonds. The SMILES string of the molecule is [2H]c1c([2H])c([2H])c(-c2c([2H])c([2H])c(-n3c4ccccc4c4cc5c6ccccc6n(-c6nc(-c7ccccc7)nc(-c7ccc(-c8ccccc8)cc7)n6)c5cc43)c([2H])c2[2H])c([2H])c1[2H]. The summed E-state index contributed by atoms with van der Waals surface area (Å²) in [5, 5.41) is 3.43. The maximum Gasteiger partial charge on any atom is 0.238 e. The van der Waals surface area contributed by atoms with Gasteiger partial charge in [0.15, 0.2) is 11.6 Å². The van der Waals surface area contributed by atoms with Gasteiger partial charge in [-0.15, -0.1) is 0 Å². The maximum absolute atomic E-state index is 9.44. The van der Waals surface area contributed by atoms with Crippen molar-refractivity contribution >= 4 is 43.6 Å². The monoisotopic (exact) mass is 724 g/mol. The number of rotatable bonds is 6. The zero-order valence-electron chi connectivity index (χ0n) is 38.6. The molecule has 3 aromatic heterocycles. The molecule has 5 heteroatoms. The number of aromatic nitrogens is 5. The summed E-state index contributed by atoms with van der Waals surface area (Å²) in [6.45, 7) is 0. The molecule has 0 aliphatic heterocycles. The summed E-state index contributed by atoms with van der Waals surface area (Å²) in [4.78, 5) is 15.3. The van der Waals surface area contributed by atoms with Crippen LogP contribution >= 0.6 is 0 Å². The van der Waals surface area contributed by atoms with E-state index in [4.69, 9.17) is 21.8 Å². The van der Waals surface area contributed by atoms with E-state index >= 15 is 0 Å². The van der Waals surface area contributed by atoms with Crippen LogP contribution in [-0.4, -0.2) is 24.1 Å². The first-order valence-electron chi connectivity index (χ1n) is 22.6. The van der Waals surface area contributed by atoms with Gasteiger partial charge in [0.25, 0.3) is 0 Å². The predicted octanol–water partition coefficient (Wildman–Crippen LogP) is 12.7. The van der Waals surface area contributed by atoms with Crippen molar-refractivity contribution in [2.24, 2.45) is 0 Å². The Morgan fingerprint density at radius 2 is 0.821 bits per heavy atom. The number of nitrogens with zero attached hydrogens (tertiary/aromatic N) is 5. The van der Waals surface area contributed by atoms with Crippen LogP contribution in [0, 0.1) is 0 Å². The Kier molecular flexibility index (Phi) is 5.57. The molecule has 0 bridgehead atoms. The van der Waals surface area contributed by atoms with Crippen molar-refractivity contribution in [3.05, 3.63) is 200 Å². The summed E-state index contributed by atoms with van der Waals surface area (Å²) in [7, 11) is 0. The van der Waals surface area contributed by atoms with Crippen LogP contribution in [0.4, 0.5) is 0 Å².